The molecule has 5 rings (SSSR count). The lowest BCUT2D eigenvalue weighted by atomic mass is 9.80. The lowest BCUT2D eigenvalue weighted by Crippen LogP contribution is -2.24. The van der Waals surface area contributed by atoms with Crippen LogP contribution >= 0.6 is 34.5 Å². The molecule has 1 heterocycles. The standard InChI is InChI=1S/C22H20Cl2O2S/c1-2-10-3-4-11(15-9-16(23)27-22(15)24)8-14(10)19-20(25)17-12-5-6-13(7-12)18(17)21(19)26/h3-4,8-9,12-13,17-18,25H,2,5-7H2,1H3/t12?,13-,17?,18?/m1/s1. The van der Waals surface area contributed by atoms with E-state index in [9.17, 15) is 9.90 Å². The number of aliphatic hydroxyl groups is 1. The number of Topliss-reactive ketones (excluding diaryl/α,β-unsaturated/α-hetero) is 1. The Balaban J connectivity index is 1.65. The maximum Gasteiger partial charge on any atom is 0.170 e. The predicted octanol–water partition coefficient (Wildman–Crippen LogP) is 6.80. The van der Waals surface area contributed by atoms with E-state index in [1.54, 1.807) is 0 Å². The molecule has 2 bridgehead atoms. The van der Waals surface area contributed by atoms with Crippen molar-refractivity contribution in [3.63, 3.8) is 0 Å². The minimum absolute atomic E-state index is 0.00806. The van der Waals surface area contributed by atoms with Crippen LogP contribution in [0.4, 0.5) is 0 Å². The van der Waals surface area contributed by atoms with Gasteiger partial charge < -0.3 is 5.11 Å². The van der Waals surface area contributed by atoms with Crippen LogP contribution in [0.2, 0.25) is 8.67 Å². The third kappa shape index (κ3) is 2.55. The van der Waals surface area contributed by atoms with Crippen LogP contribution in [-0.2, 0) is 11.2 Å². The van der Waals surface area contributed by atoms with Gasteiger partial charge >= 0.3 is 0 Å². The summed E-state index contributed by atoms with van der Waals surface area (Å²) < 4.78 is 1.28. The van der Waals surface area contributed by atoms with Crippen molar-refractivity contribution in [2.75, 3.05) is 0 Å². The fraction of sp³-hybridized carbons (Fsp3) is 0.409. The molecule has 2 nitrogen and oxygen atoms in total. The molecule has 1 aromatic heterocycles. The van der Waals surface area contributed by atoms with Gasteiger partial charge in [0.1, 0.15) is 10.1 Å². The molecule has 3 unspecified atom stereocenters. The molecule has 0 amide bonds. The Morgan fingerprint density at radius 3 is 2.48 bits per heavy atom. The topological polar surface area (TPSA) is 37.3 Å². The van der Waals surface area contributed by atoms with Crippen molar-refractivity contribution < 1.29 is 9.90 Å². The van der Waals surface area contributed by atoms with E-state index in [0.29, 0.717) is 31.8 Å². The molecule has 140 valence electrons. The summed E-state index contributed by atoms with van der Waals surface area (Å²) in [5.41, 5.74) is 4.31. The predicted molar refractivity (Wildman–Crippen MR) is 112 cm³/mol. The SMILES string of the molecule is CCc1ccc(-c2cc(Cl)sc2Cl)cc1C1=C(O)C2C3CC[C@H](C3)C2C1=O. The second-order valence-corrected chi connectivity index (χ2v) is 10.3. The average Bonchev–Trinajstić information content (AvgIpc) is 3.39. The number of hydrogen-bond acceptors (Lipinski definition) is 3. The molecule has 0 saturated heterocycles. The summed E-state index contributed by atoms with van der Waals surface area (Å²) in [6, 6.07) is 7.94. The van der Waals surface area contributed by atoms with Crippen molar-refractivity contribution >= 4 is 45.9 Å². The van der Waals surface area contributed by atoms with Gasteiger partial charge in [-0.25, -0.2) is 0 Å². The molecule has 0 radical (unpaired) electrons. The lowest BCUT2D eigenvalue weighted by molar-refractivity contribution is -0.118. The summed E-state index contributed by atoms with van der Waals surface area (Å²) in [5.74, 6) is 1.43. The Morgan fingerprint density at radius 1 is 1.11 bits per heavy atom. The second-order valence-electron chi connectivity index (χ2n) is 7.97. The van der Waals surface area contributed by atoms with Gasteiger partial charge in [-0.2, -0.15) is 0 Å². The van der Waals surface area contributed by atoms with Crippen LogP contribution < -0.4 is 0 Å². The number of thiophene rings is 1. The first kappa shape index (κ1) is 17.8. The van der Waals surface area contributed by atoms with Gasteiger partial charge in [0.2, 0.25) is 0 Å². The van der Waals surface area contributed by atoms with Gasteiger partial charge in [-0.15, -0.1) is 11.3 Å². The van der Waals surface area contributed by atoms with Gasteiger partial charge in [-0.1, -0.05) is 42.3 Å². The zero-order valence-corrected chi connectivity index (χ0v) is 17.3. The number of hydrogen-bond donors (Lipinski definition) is 1. The monoisotopic (exact) mass is 418 g/mol. The van der Waals surface area contributed by atoms with Crippen LogP contribution in [0.1, 0.15) is 37.3 Å². The van der Waals surface area contributed by atoms with E-state index in [1.165, 1.54) is 11.3 Å². The lowest BCUT2D eigenvalue weighted by Gasteiger charge is -2.23. The van der Waals surface area contributed by atoms with Gasteiger partial charge in [-0.3, -0.25) is 4.79 Å². The van der Waals surface area contributed by atoms with Gasteiger partial charge in [-0.05, 0) is 66.3 Å². The number of halogens is 2. The molecule has 27 heavy (non-hydrogen) atoms. The first-order valence-electron chi connectivity index (χ1n) is 9.55. The van der Waals surface area contributed by atoms with Crippen LogP contribution in [0.5, 0.6) is 0 Å². The molecule has 2 saturated carbocycles. The number of carbonyl (C=O) groups is 1. The third-order valence-corrected chi connectivity index (χ3v) is 8.25. The average molecular weight is 419 g/mol. The van der Waals surface area contributed by atoms with Gasteiger partial charge in [0, 0.05) is 17.4 Å². The molecule has 0 spiro atoms. The maximum atomic E-state index is 13.3. The molecule has 1 N–H and O–H groups in total. The Hall–Kier alpha value is -1.29. The fourth-order valence-corrected chi connectivity index (χ4v) is 7.12. The first-order valence-corrected chi connectivity index (χ1v) is 11.1. The Labute approximate surface area is 172 Å². The Bertz CT molecular complexity index is 990. The molecule has 4 atom stereocenters. The van der Waals surface area contributed by atoms with Crippen molar-refractivity contribution in [3.05, 3.63) is 49.8 Å². The highest BCUT2D eigenvalue weighted by molar-refractivity contribution is 7.20. The molecule has 3 aliphatic rings. The van der Waals surface area contributed by atoms with Crippen molar-refractivity contribution in [2.45, 2.75) is 32.6 Å². The molecule has 5 heteroatoms. The van der Waals surface area contributed by atoms with E-state index in [0.717, 1.165) is 47.9 Å². The van der Waals surface area contributed by atoms with Crippen molar-refractivity contribution in [3.8, 4) is 11.1 Å². The van der Waals surface area contributed by atoms with Gasteiger partial charge in [0.15, 0.2) is 5.78 Å². The number of aryl methyl sites for hydroxylation is 1. The highest BCUT2D eigenvalue weighted by Gasteiger charge is 2.57. The summed E-state index contributed by atoms with van der Waals surface area (Å²) in [7, 11) is 0. The quantitative estimate of drug-likeness (QED) is 0.594. The van der Waals surface area contributed by atoms with E-state index < -0.39 is 0 Å². The number of ketones is 1. The largest absolute Gasteiger partial charge is 0.511 e. The zero-order chi connectivity index (χ0) is 18.9. The highest BCUT2D eigenvalue weighted by atomic mass is 35.5. The molecule has 0 aliphatic heterocycles. The van der Waals surface area contributed by atoms with Crippen molar-refractivity contribution in [1.29, 1.82) is 0 Å². The van der Waals surface area contributed by atoms with Crippen LogP contribution in [0.15, 0.2) is 30.0 Å². The minimum atomic E-state index is -0.00806. The first-order chi connectivity index (χ1) is 13.0. The summed E-state index contributed by atoms with van der Waals surface area (Å²) in [6.45, 7) is 2.08. The molecule has 3 aliphatic carbocycles. The number of rotatable bonds is 3. The second kappa shape index (κ2) is 6.37. The number of allylic oxidation sites excluding steroid dienone is 2. The van der Waals surface area contributed by atoms with Crippen LogP contribution in [0.25, 0.3) is 16.7 Å². The van der Waals surface area contributed by atoms with Gasteiger partial charge in [0.25, 0.3) is 0 Å². The summed E-state index contributed by atoms with van der Waals surface area (Å²) in [5, 5.41) is 11.1. The van der Waals surface area contributed by atoms with E-state index in [4.69, 9.17) is 23.2 Å². The van der Waals surface area contributed by atoms with Crippen LogP contribution in [0.3, 0.4) is 0 Å². The zero-order valence-electron chi connectivity index (χ0n) is 15.0. The summed E-state index contributed by atoms with van der Waals surface area (Å²) in [4.78, 5) is 13.3. The summed E-state index contributed by atoms with van der Waals surface area (Å²) >= 11 is 13.8. The molecular formula is C22H20Cl2O2S. The normalized spacial score (nSPS) is 29.1. The van der Waals surface area contributed by atoms with E-state index in [1.807, 2.05) is 24.3 Å². The van der Waals surface area contributed by atoms with Crippen molar-refractivity contribution in [2.24, 2.45) is 23.7 Å². The molecule has 1 aromatic carbocycles. The van der Waals surface area contributed by atoms with Gasteiger partial charge in [0.05, 0.1) is 9.91 Å². The third-order valence-electron chi connectivity index (χ3n) is 6.77. The van der Waals surface area contributed by atoms with E-state index in [2.05, 4.69) is 6.92 Å². The molecule has 2 aromatic rings. The number of carbonyl (C=O) groups excluding carboxylic acids is 1. The number of benzene rings is 1. The molecular weight excluding hydrogens is 399 g/mol. The van der Waals surface area contributed by atoms with E-state index in [-0.39, 0.29) is 17.6 Å². The number of aliphatic hydroxyl groups excluding tert-OH is 1. The molecule has 2 fully saturated rings. The maximum absolute atomic E-state index is 13.3. The smallest absolute Gasteiger partial charge is 0.170 e. The fourth-order valence-electron chi connectivity index (χ4n) is 5.61. The highest BCUT2D eigenvalue weighted by Crippen LogP contribution is 2.60. The Morgan fingerprint density at radius 2 is 1.85 bits per heavy atom. The van der Waals surface area contributed by atoms with Crippen LogP contribution in [0, 0.1) is 23.7 Å². The van der Waals surface area contributed by atoms with E-state index >= 15 is 0 Å². The van der Waals surface area contributed by atoms with Crippen LogP contribution in [-0.4, -0.2) is 10.9 Å². The van der Waals surface area contributed by atoms with Crippen molar-refractivity contribution in [1.82, 2.24) is 0 Å². The summed E-state index contributed by atoms with van der Waals surface area (Å²) in [6.07, 6.45) is 4.17. The number of fused-ring (bicyclic) bond motifs is 5. The Kier molecular flexibility index (Phi) is 4.19. The minimum Gasteiger partial charge on any atom is -0.511 e.